The molecule has 1 aliphatic heterocycles. The van der Waals surface area contributed by atoms with E-state index < -0.39 is 27.7 Å². The minimum absolute atomic E-state index is 0.0163. The van der Waals surface area contributed by atoms with E-state index in [1.54, 1.807) is 24.8 Å². The normalized spacial score (nSPS) is 18.2. The largest absolute Gasteiger partial charge is 0.481 e. The van der Waals surface area contributed by atoms with Crippen LogP contribution in [-0.4, -0.2) is 54.5 Å². The first-order valence-electron chi connectivity index (χ1n) is 9.51. The second-order valence-corrected chi connectivity index (χ2v) is 9.41. The molecule has 3 rings (SSSR count). The van der Waals surface area contributed by atoms with Crippen LogP contribution in [0.4, 0.5) is 19.0 Å². The van der Waals surface area contributed by atoms with Gasteiger partial charge >= 0.3 is 12.1 Å². The Hall–Kier alpha value is -2.66. The highest BCUT2D eigenvalue weighted by Crippen LogP contribution is 2.30. The summed E-state index contributed by atoms with van der Waals surface area (Å²) >= 11 is 0. The molecule has 0 aliphatic carbocycles. The number of aryl methyl sites for hydroxylation is 1. The van der Waals surface area contributed by atoms with Gasteiger partial charge in [0.1, 0.15) is 5.82 Å². The van der Waals surface area contributed by atoms with E-state index in [9.17, 15) is 26.4 Å². The van der Waals surface area contributed by atoms with Gasteiger partial charge in [-0.25, -0.2) is 13.4 Å². The molecule has 7 nitrogen and oxygen atoms in total. The quantitative estimate of drug-likeness (QED) is 0.743. The Morgan fingerprint density at radius 2 is 1.94 bits per heavy atom. The number of aromatic nitrogens is 1. The number of pyridine rings is 1. The zero-order valence-corrected chi connectivity index (χ0v) is 17.7. The lowest BCUT2D eigenvalue weighted by Gasteiger charge is -2.40. The maximum absolute atomic E-state index is 13.1. The number of hydrogen-bond donors (Lipinski definition) is 1. The van der Waals surface area contributed by atoms with Crippen LogP contribution in [0.5, 0.6) is 0 Å². The van der Waals surface area contributed by atoms with Crippen LogP contribution in [0.15, 0.2) is 41.4 Å². The average Bonchev–Trinajstić information content (AvgIpc) is 2.68. The highest BCUT2D eigenvalue weighted by Gasteiger charge is 2.34. The smallest absolute Gasteiger partial charge is 0.417 e. The summed E-state index contributed by atoms with van der Waals surface area (Å²) in [5.41, 5.74) is 0.267. The molecule has 0 saturated carbocycles. The van der Waals surface area contributed by atoms with Gasteiger partial charge < -0.3 is 10.0 Å². The number of carboxylic acids is 1. The molecule has 0 amide bonds. The monoisotopic (exact) mass is 457 g/mol. The van der Waals surface area contributed by atoms with Crippen molar-refractivity contribution in [3.63, 3.8) is 0 Å². The summed E-state index contributed by atoms with van der Waals surface area (Å²) in [5.74, 6) is -0.708. The molecule has 1 aliphatic rings. The van der Waals surface area contributed by atoms with E-state index in [1.165, 1.54) is 22.5 Å². The Morgan fingerprint density at radius 3 is 2.48 bits per heavy atom. The van der Waals surface area contributed by atoms with Crippen molar-refractivity contribution in [3.8, 4) is 0 Å². The van der Waals surface area contributed by atoms with Crippen LogP contribution in [0.1, 0.15) is 23.6 Å². The second kappa shape index (κ2) is 8.46. The van der Waals surface area contributed by atoms with Gasteiger partial charge in [0.05, 0.1) is 16.9 Å². The first-order valence-corrected chi connectivity index (χ1v) is 10.9. The third kappa shape index (κ3) is 4.99. The third-order valence-electron chi connectivity index (χ3n) is 5.26. The Labute approximate surface area is 178 Å². The van der Waals surface area contributed by atoms with Crippen molar-refractivity contribution in [1.82, 2.24) is 9.29 Å². The fourth-order valence-corrected chi connectivity index (χ4v) is 5.08. The lowest BCUT2D eigenvalue weighted by Crippen LogP contribution is -2.53. The van der Waals surface area contributed by atoms with Crippen LogP contribution in [0.2, 0.25) is 0 Å². The van der Waals surface area contributed by atoms with E-state index >= 15 is 0 Å². The Morgan fingerprint density at radius 1 is 1.23 bits per heavy atom. The zero-order valence-electron chi connectivity index (χ0n) is 16.9. The molecular formula is C20H22F3N3O4S. The van der Waals surface area contributed by atoms with Gasteiger partial charge in [0.2, 0.25) is 10.0 Å². The van der Waals surface area contributed by atoms with Crippen LogP contribution in [0, 0.1) is 6.92 Å². The van der Waals surface area contributed by atoms with Crippen LogP contribution < -0.4 is 4.90 Å². The summed E-state index contributed by atoms with van der Waals surface area (Å²) in [7, 11) is -3.86. The number of hydrogen-bond acceptors (Lipinski definition) is 5. The molecule has 168 valence electrons. The minimum atomic E-state index is -4.47. The summed E-state index contributed by atoms with van der Waals surface area (Å²) in [4.78, 5) is 16.7. The number of rotatable bonds is 5. The molecule has 1 aromatic carbocycles. The van der Waals surface area contributed by atoms with E-state index in [2.05, 4.69) is 4.98 Å². The fraction of sp³-hybridized carbons (Fsp3) is 0.400. The van der Waals surface area contributed by atoms with Gasteiger partial charge in [0.25, 0.3) is 0 Å². The lowest BCUT2D eigenvalue weighted by atomic mass is 10.1. The topological polar surface area (TPSA) is 90.8 Å². The molecule has 2 aromatic rings. The summed E-state index contributed by atoms with van der Waals surface area (Å²) in [6, 6.07) is 6.32. The third-order valence-corrected chi connectivity index (χ3v) is 7.12. The van der Waals surface area contributed by atoms with Gasteiger partial charge in [-0.3, -0.25) is 4.79 Å². The number of carbonyl (C=O) groups is 1. The molecular weight excluding hydrogens is 435 g/mol. The molecule has 1 saturated heterocycles. The summed E-state index contributed by atoms with van der Waals surface area (Å²) < 4.78 is 65.7. The maximum Gasteiger partial charge on any atom is 0.417 e. The van der Waals surface area contributed by atoms with Gasteiger partial charge in [-0.1, -0.05) is 6.07 Å². The van der Waals surface area contributed by atoms with Crippen LogP contribution in [-0.2, 0) is 27.4 Å². The fourth-order valence-electron chi connectivity index (χ4n) is 3.52. The van der Waals surface area contributed by atoms with Crippen molar-refractivity contribution in [2.45, 2.75) is 37.4 Å². The van der Waals surface area contributed by atoms with Crippen LogP contribution in [0.3, 0.4) is 0 Å². The van der Waals surface area contributed by atoms with Gasteiger partial charge in [-0.05, 0) is 49.2 Å². The number of benzene rings is 1. The van der Waals surface area contributed by atoms with E-state index in [1.807, 2.05) is 0 Å². The zero-order chi connectivity index (χ0) is 23.0. The molecule has 1 atom stereocenters. The number of nitrogens with zero attached hydrogens (tertiary/aromatic N) is 3. The van der Waals surface area contributed by atoms with E-state index in [4.69, 9.17) is 5.11 Å². The Bertz CT molecular complexity index is 1070. The molecule has 2 heterocycles. The van der Waals surface area contributed by atoms with Crippen molar-refractivity contribution < 1.29 is 31.5 Å². The predicted molar refractivity (Wildman–Crippen MR) is 107 cm³/mol. The molecule has 0 radical (unpaired) electrons. The molecule has 1 fully saturated rings. The molecule has 1 unspecified atom stereocenters. The highest BCUT2D eigenvalue weighted by molar-refractivity contribution is 7.89. The predicted octanol–water partition coefficient (Wildman–Crippen LogP) is 2.94. The molecule has 0 spiro atoms. The number of aliphatic carboxylic acids is 1. The van der Waals surface area contributed by atoms with Gasteiger partial charge in [-0.2, -0.15) is 17.5 Å². The number of anilines is 1. The molecule has 1 N–H and O–H groups in total. The van der Waals surface area contributed by atoms with Crippen LogP contribution >= 0.6 is 0 Å². The van der Waals surface area contributed by atoms with E-state index in [-0.39, 0.29) is 37.0 Å². The number of sulfonamides is 1. The average molecular weight is 457 g/mol. The van der Waals surface area contributed by atoms with Crippen molar-refractivity contribution in [2.75, 3.05) is 24.5 Å². The van der Waals surface area contributed by atoms with Crippen molar-refractivity contribution in [1.29, 1.82) is 0 Å². The molecule has 11 heteroatoms. The standard InChI is InChI=1S/C20H22F3N3O4S/c1-13-3-5-17(9-15(13)10-19(27)28)31(29,30)25-7-8-26(14(2)12-25)18-6-4-16(11-24-18)20(21,22)23/h3-6,9,11,14H,7-8,10,12H2,1-2H3,(H,27,28). The summed E-state index contributed by atoms with van der Waals surface area (Å²) in [6.45, 7) is 3.98. The van der Waals surface area contributed by atoms with Crippen LogP contribution in [0.25, 0.3) is 0 Å². The van der Waals surface area contributed by atoms with Crippen molar-refractivity contribution >= 4 is 21.8 Å². The van der Waals surface area contributed by atoms with E-state index in [0.29, 0.717) is 16.9 Å². The SMILES string of the molecule is Cc1ccc(S(=O)(=O)N2CCN(c3ccc(C(F)(F)F)cn3)C(C)C2)cc1CC(=O)O. The minimum Gasteiger partial charge on any atom is -0.481 e. The molecule has 0 bridgehead atoms. The molecule has 31 heavy (non-hydrogen) atoms. The van der Waals surface area contributed by atoms with E-state index in [0.717, 1.165) is 12.3 Å². The number of piperazine rings is 1. The van der Waals surface area contributed by atoms with Gasteiger partial charge in [-0.15, -0.1) is 0 Å². The highest BCUT2D eigenvalue weighted by atomic mass is 32.2. The van der Waals surface area contributed by atoms with Crippen molar-refractivity contribution in [2.24, 2.45) is 0 Å². The first kappa shape index (κ1) is 23.0. The van der Waals surface area contributed by atoms with Crippen molar-refractivity contribution in [3.05, 3.63) is 53.2 Å². The summed E-state index contributed by atoms with van der Waals surface area (Å²) in [5, 5.41) is 9.03. The Balaban J connectivity index is 1.78. The Kier molecular flexibility index (Phi) is 6.28. The second-order valence-electron chi connectivity index (χ2n) is 7.47. The van der Waals surface area contributed by atoms with Gasteiger partial charge in [0, 0.05) is 31.9 Å². The van der Waals surface area contributed by atoms with Gasteiger partial charge in [0.15, 0.2) is 0 Å². The maximum atomic E-state index is 13.1. The number of alkyl halides is 3. The molecule has 1 aromatic heterocycles. The first-order chi connectivity index (χ1) is 14.4. The lowest BCUT2D eigenvalue weighted by molar-refractivity contribution is -0.138. The number of halogens is 3. The summed E-state index contributed by atoms with van der Waals surface area (Å²) in [6.07, 6.45) is -3.99. The number of carboxylic acid groups (broad SMARTS) is 1.